The van der Waals surface area contributed by atoms with Crippen molar-refractivity contribution in [2.24, 2.45) is 5.10 Å². The lowest BCUT2D eigenvalue weighted by Gasteiger charge is -2.11. The number of carbonyl (C=O) groups is 1. The molecule has 2 aromatic heterocycles. The van der Waals surface area contributed by atoms with Gasteiger partial charge >= 0.3 is 0 Å². The normalized spacial score (nSPS) is 11.2. The monoisotopic (exact) mass is 483 g/mol. The summed E-state index contributed by atoms with van der Waals surface area (Å²) in [5.41, 5.74) is 13.7. The van der Waals surface area contributed by atoms with Gasteiger partial charge in [0.15, 0.2) is 0 Å². The summed E-state index contributed by atoms with van der Waals surface area (Å²) in [5, 5.41) is 14.3. The van der Waals surface area contributed by atoms with E-state index in [1.54, 1.807) is 30.5 Å². The molecule has 0 aliphatic rings. The second kappa shape index (κ2) is 9.43. The van der Waals surface area contributed by atoms with E-state index in [0.717, 1.165) is 22.3 Å². The average molecular weight is 484 g/mol. The summed E-state index contributed by atoms with van der Waals surface area (Å²) in [6, 6.07) is 26.8. The van der Waals surface area contributed by atoms with E-state index in [4.69, 9.17) is 17.3 Å². The molecule has 0 spiro atoms. The Labute approximate surface area is 204 Å². The van der Waals surface area contributed by atoms with Crippen LogP contribution in [0.5, 0.6) is 0 Å². The number of nitrogen functional groups attached to an aromatic ring is 1. The number of nitrogens with zero attached hydrogens (tertiary/aromatic N) is 3. The Hall–Kier alpha value is -4.07. The lowest BCUT2D eigenvalue weighted by atomic mass is 9.96. The van der Waals surface area contributed by atoms with E-state index in [9.17, 15) is 4.79 Å². The van der Waals surface area contributed by atoms with Crippen molar-refractivity contribution in [1.82, 2.24) is 15.6 Å². The third-order valence-electron chi connectivity index (χ3n) is 5.22. The Morgan fingerprint density at radius 3 is 2.24 bits per heavy atom. The number of anilines is 1. The third kappa shape index (κ3) is 4.26. The fourth-order valence-corrected chi connectivity index (χ4v) is 4.69. The van der Waals surface area contributed by atoms with Crippen LogP contribution in [0.15, 0.2) is 90.0 Å². The zero-order chi connectivity index (χ0) is 23.5. The molecular weight excluding hydrogens is 466 g/mol. The molecule has 0 atom stereocenters. The number of hydrogen-bond acceptors (Lipinski definition) is 6. The number of nitrogens with one attached hydrogen (secondary N) is 1. The third-order valence-corrected chi connectivity index (χ3v) is 6.56. The number of benzene rings is 3. The van der Waals surface area contributed by atoms with Gasteiger partial charge in [-0.2, -0.15) is 5.10 Å². The smallest absolute Gasteiger partial charge is 0.283 e. The van der Waals surface area contributed by atoms with Gasteiger partial charge in [0, 0.05) is 21.5 Å². The van der Waals surface area contributed by atoms with Gasteiger partial charge in [-0.15, -0.1) is 21.5 Å². The topological polar surface area (TPSA) is 93.3 Å². The van der Waals surface area contributed by atoms with Gasteiger partial charge in [0.25, 0.3) is 5.91 Å². The van der Waals surface area contributed by atoms with Crippen molar-refractivity contribution in [2.45, 2.75) is 0 Å². The molecule has 0 radical (unpaired) electrons. The molecule has 0 unspecified atom stereocenters. The van der Waals surface area contributed by atoms with Gasteiger partial charge < -0.3 is 5.73 Å². The quantitative estimate of drug-likeness (QED) is 0.236. The lowest BCUT2D eigenvalue weighted by molar-refractivity contribution is 0.0960. The van der Waals surface area contributed by atoms with E-state index in [1.165, 1.54) is 11.3 Å². The number of hydrogen-bond donors (Lipinski definition) is 2. The van der Waals surface area contributed by atoms with Crippen LogP contribution < -0.4 is 11.2 Å². The number of amides is 1. The minimum Gasteiger partial charge on any atom is -0.397 e. The van der Waals surface area contributed by atoms with Crippen LogP contribution >= 0.6 is 22.9 Å². The first-order valence-corrected chi connectivity index (χ1v) is 11.6. The van der Waals surface area contributed by atoms with Crippen molar-refractivity contribution in [3.63, 3.8) is 0 Å². The van der Waals surface area contributed by atoms with Gasteiger partial charge in [-0.05, 0) is 23.3 Å². The van der Waals surface area contributed by atoms with E-state index in [1.807, 2.05) is 60.7 Å². The summed E-state index contributed by atoms with van der Waals surface area (Å²) in [7, 11) is 0. The highest BCUT2D eigenvalue weighted by Crippen LogP contribution is 2.42. The van der Waals surface area contributed by atoms with Crippen LogP contribution in [0.25, 0.3) is 32.6 Å². The summed E-state index contributed by atoms with van der Waals surface area (Å²) in [5.74, 6) is -0.411. The van der Waals surface area contributed by atoms with E-state index < -0.39 is 5.91 Å². The molecule has 6 nitrogen and oxygen atoms in total. The van der Waals surface area contributed by atoms with Crippen molar-refractivity contribution in [3.8, 4) is 22.4 Å². The molecule has 0 aliphatic carbocycles. The molecule has 0 saturated carbocycles. The molecule has 1 amide bonds. The van der Waals surface area contributed by atoms with Gasteiger partial charge in [0.1, 0.15) is 15.4 Å². The molecule has 0 fully saturated rings. The van der Waals surface area contributed by atoms with Crippen molar-refractivity contribution < 1.29 is 4.79 Å². The van der Waals surface area contributed by atoms with Crippen molar-refractivity contribution in [2.75, 3.05) is 5.73 Å². The zero-order valence-corrected chi connectivity index (χ0v) is 19.3. The first kappa shape index (κ1) is 21.8. The fourth-order valence-electron chi connectivity index (χ4n) is 3.62. The fraction of sp³-hybridized carbons (Fsp3) is 0. The number of nitrogens with two attached hydrogens (primary N) is 1. The van der Waals surface area contributed by atoms with Crippen molar-refractivity contribution >= 4 is 51.0 Å². The number of carbonyl (C=O) groups excluding carboxylic acids is 1. The second-order valence-corrected chi connectivity index (χ2v) is 8.87. The highest BCUT2D eigenvalue weighted by Gasteiger charge is 2.23. The first-order valence-electron chi connectivity index (χ1n) is 10.4. The summed E-state index contributed by atoms with van der Waals surface area (Å²) >= 11 is 7.09. The Bertz CT molecular complexity index is 1500. The van der Waals surface area contributed by atoms with Crippen LogP contribution in [-0.4, -0.2) is 22.3 Å². The Balaban J connectivity index is 1.57. The van der Waals surface area contributed by atoms with Crippen LogP contribution in [-0.2, 0) is 0 Å². The molecule has 34 heavy (non-hydrogen) atoms. The maximum absolute atomic E-state index is 12.9. The second-order valence-electron chi connectivity index (χ2n) is 7.43. The van der Waals surface area contributed by atoms with Gasteiger partial charge in [-0.3, -0.25) is 4.79 Å². The maximum Gasteiger partial charge on any atom is 0.283 e. The minimum absolute atomic E-state index is 0.333. The van der Waals surface area contributed by atoms with Gasteiger partial charge in [-0.25, -0.2) is 5.43 Å². The number of aromatic nitrogens is 2. The van der Waals surface area contributed by atoms with Gasteiger partial charge in [-0.1, -0.05) is 84.4 Å². The Kier molecular flexibility index (Phi) is 6.03. The van der Waals surface area contributed by atoms with Gasteiger partial charge in [0.2, 0.25) is 0 Å². The van der Waals surface area contributed by atoms with E-state index >= 15 is 0 Å². The lowest BCUT2D eigenvalue weighted by Crippen LogP contribution is -2.17. The van der Waals surface area contributed by atoms with Crippen LogP contribution in [0.4, 0.5) is 5.69 Å². The standard InChI is InChI=1S/C26H18ClN5OS/c27-19-13-11-16(12-14-19)15-29-31-25(33)24-22(28)21-20(17-7-3-1-4-8-17)23(30-32-26(21)34-24)18-9-5-2-6-10-18/h1-15H,28H2,(H,31,33). The number of thiophene rings is 1. The van der Waals surface area contributed by atoms with E-state index in [2.05, 4.69) is 20.7 Å². The summed E-state index contributed by atoms with van der Waals surface area (Å²) in [4.78, 5) is 13.8. The van der Waals surface area contributed by atoms with E-state index in [-0.39, 0.29) is 0 Å². The Morgan fingerprint density at radius 1 is 0.912 bits per heavy atom. The van der Waals surface area contributed by atoms with Crippen LogP contribution in [0, 0.1) is 0 Å². The molecule has 0 bridgehead atoms. The molecule has 0 saturated heterocycles. The number of fused-ring (bicyclic) bond motifs is 1. The first-order chi connectivity index (χ1) is 16.6. The summed E-state index contributed by atoms with van der Waals surface area (Å²) < 4.78 is 0. The van der Waals surface area contributed by atoms with Crippen molar-refractivity contribution in [3.05, 3.63) is 100 Å². The number of hydrazone groups is 1. The van der Waals surface area contributed by atoms with Gasteiger partial charge in [0.05, 0.1) is 11.9 Å². The predicted molar refractivity (Wildman–Crippen MR) is 139 cm³/mol. The molecule has 5 rings (SSSR count). The largest absolute Gasteiger partial charge is 0.397 e. The van der Waals surface area contributed by atoms with Crippen LogP contribution in [0.1, 0.15) is 15.2 Å². The van der Waals surface area contributed by atoms with Crippen molar-refractivity contribution in [1.29, 1.82) is 0 Å². The summed E-state index contributed by atoms with van der Waals surface area (Å²) in [6.07, 6.45) is 1.54. The number of rotatable bonds is 5. The Morgan fingerprint density at radius 2 is 1.56 bits per heavy atom. The van der Waals surface area contributed by atoms with Crippen LogP contribution in [0.3, 0.4) is 0 Å². The SMILES string of the molecule is Nc1c(C(=O)NN=Cc2ccc(Cl)cc2)sc2nnc(-c3ccccc3)c(-c3ccccc3)c12. The molecule has 5 aromatic rings. The molecule has 166 valence electrons. The predicted octanol–water partition coefficient (Wildman–Crippen LogP) is 6.02. The molecule has 3 N–H and O–H groups in total. The average Bonchev–Trinajstić information content (AvgIpc) is 3.22. The number of halogens is 1. The zero-order valence-electron chi connectivity index (χ0n) is 17.8. The molecule has 8 heteroatoms. The summed E-state index contributed by atoms with van der Waals surface area (Å²) in [6.45, 7) is 0. The highest BCUT2D eigenvalue weighted by atomic mass is 35.5. The molecule has 0 aliphatic heterocycles. The minimum atomic E-state index is -0.411. The highest BCUT2D eigenvalue weighted by molar-refractivity contribution is 7.21. The maximum atomic E-state index is 12.9. The van der Waals surface area contributed by atoms with Crippen LogP contribution in [0.2, 0.25) is 5.02 Å². The molecule has 3 aromatic carbocycles. The van der Waals surface area contributed by atoms with E-state index in [0.29, 0.717) is 31.5 Å². The molecule has 2 heterocycles. The molecular formula is C26H18ClN5OS.